The van der Waals surface area contributed by atoms with Gasteiger partial charge in [0.2, 0.25) is 0 Å². The van der Waals surface area contributed by atoms with E-state index < -0.39 is 17.7 Å². The third kappa shape index (κ3) is 5.61. The second kappa shape index (κ2) is 9.29. The quantitative estimate of drug-likeness (QED) is 0.593. The number of rotatable bonds is 6. The van der Waals surface area contributed by atoms with Crippen LogP contribution >= 0.6 is 11.6 Å². The number of aromatic nitrogens is 2. The van der Waals surface area contributed by atoms with E-state index >= 15 is 0 Å². The van der Waals surface area contributed by atoms with Crippen molar-refractivity contribution in [2.24, 2.45) is 0 Å². The molecular formula is C20H17ClF2N4O2. The minimum Gasteiger partial charge on any atom is -0.338 e. The first-order chi connectivity index (χ1) is 13.9. The Labute approximate surface area is 170 Å². The third-order valence-electron chi connectivity index (χ3n) is 4.02. The van der Waals surface area contributed by atoms with Gasteiger partial charge in [0.05, 0.1) is 11.4 Å². The minimum atomic E-state index is -0.866. The number of benzene rings is 2. The highest BCUT2D eigenvalue weighted by Gasteiger charge is 2.08. The Morgan fingerprint density at radius 3 is 2.55 bits per heavy atom. The van der Waals surface area contributed by atoms with E-state index in [4.69, 9.17) is 11.6 Å². The Kier molecular flexibility index (Phi) is 6.56. The molecule has 0 bridgehead atoms. The average Bonchev–Trinajstić information content (AvgIpc) is 2.69. The van der Waals surface area contributed by atoms with E-state index in [-0.39, 0.29) is 24.3 Å². The van der Waals surface area contributed by atoms with Crippen LogP contribution < -0.4 is 16.2 Å². The van der Waals surface area contributed by atoms with E-state index in [1.807, 2.05) is 0 Å². The fraction of sp³-hybridized carbons (Fsp3) is 0.150. The number of amides is 2. The van der Waals surface area contributed by atoms with Gasteiger partial charge in [0.15, 0.2) is 0 Å². The molecule has 0 aliphatic heterocycles. The lowest BCUT2D eigenvalue weighted by Crippen LogP contribution is -2.31. The maximum Gasteiger partial charge on any atom is 0.319 e. The summed E-state index contributed by atoms with van der Waals surface area (Å²) in [6, 6.07) is 12.4. The van der Waals surface area contributed by atoms with Gasteiger partial charge in [-0.15, -0.1) is 0 Å². The number of aryl methyl sites for hydroxylation is 1. The Hall–Kier alpha value is -3.26. The van der Waals surface area contributed by atoms with Crippen LogP contribution in [-0.4, -0.2) is 22.4 Å². The zero-order chi connectivity index (χ0) is 20.8. The lowest BCUT2D eigenvalue weighted by atomic mass is 10.1. The highest BCUT2D eigenvalue weighted by atomic mass is 35.5. The lowest BCUT2D eigenvalue weighted by Gasteiger charge is -2.10. The van der Waals surface area contributed by atoms with Gasteiger partial charge in [-0.25, -0.2) is 18.3 Å². The molecule has 0 spiro atoms. The molecule has 0 fully saturated rings. The van der Waals surface area contributed by atoms with Crippen LogP contribution in [0, 0.1) is 11.6 Å². The SMILES string of the molecule is O=C(NCCCn1nc(-c2ccc(Cl)cc2)ccc1=O)Nc1ccc(F)cc1F. The molecule has 0 atom stereocenters. The summed E-state index contributed by atoms with van der Waals surface area (Å²) in [7, 11) is 0. The summed E-state index contributed by atoms with van der Waals surface area (Å²) in [5.41, 5.74) is 1.05. The molecule has 9 heteroatoms. The van der Waals surface area contributed by atoms with Crippen molar-refractivity contribution in [3.63, 3.8) is 0 Å². The van der Waals surface area contributed by atoms with E-state index in [1.165, 1.54) is 10.7 Å². The molecule has 2 aromatic carbocycles. The van der Waals surface area contributed by atoms with Crippen LogP contribution in [0.25, 0.3) is 11.3 Å². The smallest absolute Gasteiger partial charge is 0.319 e. The molecule has 2 amide bonds. The van der Waals surface area contributed by atoms with Gasteiger partial charge in [0.1, 0.15) is 11.6 Å². The van der Waals surface area contributed by atoms with Gasteiger partial charge in [-0.3, -0.25) is 4.79 Å². The fourth-order valence-corrected chi connectivity index (χ4v) is 2.70. The molecule has 29 heavy (non-hydrogen) atoms. The number of halogens is 3. The van der Waals surface area contributed by atoms with E-state index in [0.717, 1.165) is 17.7 Å². The van der Waals surface area contributed by atoms with Gasteiger partial charge in [-0.05, 0) is 36.8 Å². The average molecular weight is 419 g/mol. The molecule has 0 radical (unpaired) electrons. The molecule has 0 saturated heterocycles. The molecule has 2 N–H and O–H groups in total. The number of carbonyl (C=O) groups is 1. The van der Waals surface area contributed by atoms with E-state index in [2.05, 4.69) is 15.7 Å². The Balaban J connectivity index is 1.53. The number of nitrogens with zero attached hydrogens (tertiary/aromatic N) is 2. The number of hydrogen-bond donors (Lipinski definition) is 2. The normalized spacial score (nSPS) is 10.6. The van der Waals surface area contributed by atoms with Crippen molar-refractivity contribution in [1.29, 1.82) is 0 Å². The first kappa shape index (κ1) is 20.5. The first-order valence-electron chi connectivity index (χ1n) is 8.76. The molecule has 3 aromatic rings. The van der Waals surface area contributed by atoms with Crippen molar-refractivity contribution in [2.45, 2.75) is 13.0 Å². The molecule has 0 saturated carbocycles. The Morgan fingerprint density at radius 2 is 1.83 bits per heavy atom. The van der Waals surface area contributed by atoms with Gasteiger partial charge >= 0.3 is 6.03 Å². The molecule has 1 heterocycles. The van der Waals surface area contributed by atoms with Crippen molar-refractivity contribution >= 4 is 23.3 Å². The summed E-state index contributed by atoms with van der Waals surface area (Å²) in [5, 5.41) is 9.77. The van der Waals surface area contributed by atoms with Crippen LogP contribution in [0.15, 0.2) is 59.4 Å². The summed E-state index contributed by atoms with van der Waals surface area (Å²) < 4.78 is 27.7. The second-order valence-corrected chi connectivity index (χ2v) is 6.58. The predicted octanol–water partition coefficient (Wildman–Crippen LogP) is 4.05. The van der Waals surface area contributed by atoms with Gasteiger partial charge < -0.3 is 10.6 Å². The van der Waals surface area contributed by atoms with Gasteiger partial charge in [-0.2, -0.15) is 5.10 Å². The van der Waals surface area contributed by atoms with Crippen molar-refractivity contribution < 1.29 is 13.6 Å². The van der Waals surface area contributed by atoms with Crippen LogP contribution in [0.3, 0.4) is 0 Å². The minimum absolute atomic E-state index is 0.127. The van der Waals surface area contributed by atoms with E-state index in [0.29, 0.717) is 23.2 Å². The lowest BCUT2D eigenvalue weighted by molar-refractivity contribution is 0.251. The molecule has 0 aliphatic carbocycles. The van der Waals surface area contributed by atoms with Crippen LogP contribution in [0.4, 0.5) is 19.3 Å². The molecule has 0 unspecified atom stereocenters. The molecule has 6 nitrogen and oxygen atoms in total. The van der Waals surface area contributed by atoms with Gasteiger partial charge in [0.25, 0.3) is 5.56 Å². The summed E-state index contributed by atoms with van der Waals surface area (Å²) >= 11 is 5.88. The Bertz CT molecular complexity index is 1070. The third-order valence-corrected chi connectivity index (χ3v) is 4.27. The van der Waals surface area contributed by atoms with Crippen molar-refractivity contribution in [2.75, 3.05) is 11.9 Å². The first-order valence-corrected chi connectivity index (χ1v) is 9.14. The largest absolute Gasteiger partial charge is 0.338 e. The summed E-state index contributed by atoms with van der Waals surface area (Å²) in [5.74, 6) is -1.60. The zero-order valence-electron chi connectivity index (χ0n) is 15.2. The standard InChI is InChI=1S/C20H17ClF2N4O2/c21-14-4-2-13(3-5-14)17-8-9-19(28)27(26-17)11-1-10-24-20(29)25-18-7-6-15(22)12-16(18)23/h2-9,12H,1,10-11H2,(H2,24,25,29). The number of carbonyl (C=O) groups excluding carboxylic acids is 1. The van der Waals surface area contributed by atoms with Crippen molar-refractivity contribution in [3.05, 3.63) is 81.6 Å². The van der Waals surface area contributed by atoms with Crippen LogP contribution in [0.5, 0.6) is 0 Å². The maximum absolute atomic E-state index is 13.5. The summed E-state index contributed by atoms with van der Waals surface area (Å²) in [6.07, 6.45) is 0.427. The predicted molar refractivity (Wildman–Crippen MR) is 107 cm³/mol. The zero-order valence-corrected chi connectivity index (χ0v) is 15.9. The van der Waals surface area contributed by atoms with E-state index in [1.54, 1.807) is 30.3 Å². The summed E-state index contributed by atoms with van der Waals surface area (Å²) in [4.78, 5) is 23.8. The number of hydrogen-bond acceptors (Lipinski definition) is 3. The van der Waals surface area contributed by atoms with Crippen LogP contribution in [0.2, 0.25) is 5.02 Å². The van der Waals surface area contributed by atoms with Crippen LogP contribution in [0.1, 0.15) is 6.42 Å². The van der Waals surface area contributed by atoms with Crippen LogP contribution in [-0.2, 0) is 6.54 Å². The number of nitrogens with one attached hydrogen (secondary N) is 2. The van der Waals surface area contributed by atoms with Gasteiger partial charge in [0, 0.05) is 35.8 Å². The fourth-order valence-electron chi connectivity index (χ4n) is 2.57. The molecule has 3 rings (SSSR count). The molecule has 0 aliphatic rings. The molecule has 1 aromatic heterocycles. The Morgan fingerprint density at radius 1 is 1.07 bits per heavy atom. The van der Waals surface area contributed by atoms with Crippen molar-refractivity contribution in [3.8, 4) is 11.3 Å². The van der Waals surface area contributed by atoms with E-state index in [9.17, 15) is 18.4 Å². The molecular weight excluding hydrogens is 402 g/mol. The van der Waals surface area contributed by atoms with Crippen molar-refractivity contribution in [1.82, 2.24) is 15.1 Å². The maximum atomic E-state index is 13.5. The summed E-state index contributed by atoms with van der Waals surface area (Å²) in [6.45, 7) is 0.513. The highest BCUT2D eigenvalue weighted by molar-refractivity contribution is 6.30. The molecule has 150 valence electrons. The van der Waals surface area contributed by atoms with Gasteiger partial charge in [-0.1, -0.05) is 23.7 Å². The number of anilines is 1. The highest BCUT2D eigenvalue weighted by Crippen LogP contribution is 2.18. The second-order valence-electron chi connectivity index (χ2n) is 6.15. The number of urea groups is 1. The monoisotopic (exact) mass is 418 g/mol. The topological polar surface area (TPSA) is 76.0 Å².